The molecule has 0 bridgehead atoms. The summed E-state index contributed by atoms with van der Waals surface area (Å²) in [4.78, 5) is 0. The molecule has 0 spiro atoms. The van der Waals surface area contributed by atoms with Crippen LogP contribution >= 0.6 is 0 Å². The van der Waals surface area contributed by atoms with Crippen molar-refractivity contribution in [1.82, 2.24) is 0 Å². The van der Waals surface area contributed by atoms with E-state index in [-0.39, 0.29) is 6.10 Å². The van der Waals surface area contributed by atoms with Gasteiger partial charge in [0.15, 0.2) is 0 Å². The number of rotatable bonds is 4. The van der Waals surface area contributed by atoms with Crippen molar-refractivity contribution in [2.75, 3.05) is 5.32 Å². The van der Waals surface area contributed by atoms with Gasteiger partial charge < -0.3 is 10.1 Å². The minimum absolute atomic E-state index is 0.278. The van der Waals surface area contributed by atoms with Crippen LogP contribution in [0.3, 0.4) is 0 Å². The first-order valence-electron chi connectivity index (χ1n) is 7.57. The Kier molecular flexibility index (Phi) is 4.38. The van der Waals surface area contributed by atoms with Crippen LogP contribution in [-0.4, -0.2) is 12.1 Å². The van der Waals surface area contributed by atoms with Crippen molar-refractivity contribution in [1.29, 1.82) is 0 Å². The first-order valence-corrected chi connectivity index (χ1v) is 7.57. The quantitative estimate of drug-likeness (QED) is 0.862. The molecule has 0 amide bonds. The van der Waals surface area contributed by atoms with Crippen molar-refractivity contribution in [3.05, 3.63) is 23.8 Å². The van der Waals surface area contributed by atoms with Gasteiger partial charge in [-0.05, 0) is 42.4 Å². The number of hydrogen-bond donors (Lipinski definition) is 1. The second-order valence-corrected chi connectivity index (χ2v) is 6.38. The fourth-order valence-corrected chi connectivity index (χ4v) is 2.78. The summed E-state index contributed by atoms with van der Waals surface area (Å²) in [7, 11) is 0. The molecule has 0 aromatic heterocycles. The van der Waals surface area contributed by atoms with Gasteiger partial charge in [-0.1, -0.05) is 40.7 Å². The van der Waals surface area contributed by atoms with E-state index in [0.29, 0.717) is 17.9 Å². The van der Waals surface area contributed by atoms with Crippen LogP contribution in [-0.2, 0) is 6.42 Å². The average Bonchev–Trinajstić information content (AvgIpc) is 2.36. The zero-order valence-electron chi connectivity index (χ0n) is 12.9. The van der Waals surface area contributed by atoms with Crippen LogP contribution < -0.4 is 10.1 Å². The van der Waals surface area contributed by atoms with Gasteiger partial charge in [0.1, 0.15) is 11.9 Å². The van der Waals surface area contributed by atoms with Crippen LogP contribution in [0.1, 0.15) is 46.6 Å². The molecule has 0 saturated heterocycles. The summed E-state index contributed by atoms with van der Waals surface area (Å²) >= 11 is 0. The van der Waals surface area contributed by atoms with E-state index in [2.05, 4.69) is 58.1 Å². The number of anilines is 1. The van der Waals surface area contributed by atoms with Gasteiger partial charge in [-0.2, -0.15) is 0 Å². The smallest absolute Gasteiger partial charge is 0.142 e. The number of aryl methyl sites for hydroxylation is 1. The molecule has 0 saturated carbocycles. The first-order chi connectivity index (χ1) is 9.01. The van der Waals surface area contributed by atoms with Gasteiger partial charge in [-0.15, -0.1) is 0 Å². The summed E-state index contributed by atoms with van der Waals surface area (Å²) in [6.07, 6.45) is 2.45. The third-order valence-electron chi connectivity index (χ3n) is 3.88. The predicted molar refractivity (Wildman–Crippen MR) is 81.9 cm³/mol. The Bertz CT molecular complexity index is 425. The molecule has 2 atom stereocenters. The molecule has 1 heterocycles. The van der Waals surface area contributed by atoms with E-state index in [1.807, 2.05) is 0 Å². The standard InChI is InChI=1S/C17H27NO/c1-6-13-7-8-15-14(10-13)18-17(12(4)5)16(19-15)9-11(2)3/h7-8,10-12,16-18H,6,9H2,1-5H3. The van der Waals surface area contributed by atoms with Crippen molar-refractivity contribution in [3.63, 3.8) is 0 Å². The molecule has 0 fully saturated rings. The SMILES string of the molecule is CCc1ccc2c(c1)NC(C(C)C)C(CC(C)C)O2. The molecular weight excluding hydrogens is 234 g/mol. The molecule has 1 N–H and O–H groups in total. The lowest BCUT2D eigenvalue weighted by Crippen LogP contribution is -2.45. The lowest BCUT2D eigenvalue weighted by Gasteiger charge is -2.38. The molecule has 106 valence electrons. The maximum Gasteiger partial charge on any atom is 0.142 e. The highest BCUT2D eigenvalue weighted by Crippen LogP contribution is 2.36. The Morgan fingerprint density at radius 2 is 1.95 bits per heavy atom. The van der Waals surface area contributed by atoms with Gasteiger partial charge in [0.25, 0.3) is 0 Å². The van der Waals surface area contributed by atoms with E-state index in [1.54, 1.807) is 0 Å². The van der Waals surface area contributed by atoms with E-state index >= 15 is 0 Å². The molecule has 19 heavy (non-hydrogen) atoms. The fraction of sp³-hybridized carbons (Fsp3) is 0.647. The monoisotopic (exact) mass is 261 g/mol. The summed E-state index contributed by atoms with van der Waals surface area (Å²) < 4.78 is 6.25. The van der Waals surface area contributed by atoms with Gasteiger partial charge >= 0.3 is 0 Å². The minimum atomic E-state index is 0.278. The number of hydrogen-bond acceptors (Lipinski definition) is 2. The Morgan fingerprint density at radius 1 is 1.21 bits per heavy atom. The minimum Gasteiger partial charge on any atom is -0.486 e. The van der Waals surface area contributed by atoms with Crippen LogP contribution in [0.5, 0.6) is 5.75 Å². The highest BCUT2D eigenvalue weighted by molar-refractivity contribution is 5.60. The van der Waals surface area contributed by atoms with Crippen LogP contribution in [0.25, 0.3) is 0 Å². The molecule has 2 rings (SSSR count). The fourth-order valence-electron chi connectivity index (χ4n) is 2.78. The molecule has 2 unspecified atom stereocenters. The van der Waals surface area contributed by atoms with E-state index < -0.39 is 0 Å². The third kappa shape index (κ3) is 3.23. The summed E-state index contributed by atoms with van der Waals surface area (Å²) in [5.41, 5.74) is 2.53. The number of fused-ring (bicyclic) bond motifs is 1. The van der Waals surface area contributed by atoms with Crippen molar-refractivity contribution in [2.24, 2.45) is 11.8 Å². The molecule has 1 aliphatic heterocycles. The number of benzene rings is 1. The maximum atomic E-state index is 6.25. The molecule has 1 aromatic carbocycles. The van der Waals surface area contributed by atoms with E-state index in [1.165, 1.54) is 5.56 Å². The van der Waals surface area contributed by atoms with Gasteiger partial charge in [0.2, 0.25) is 0 Å². The van der Waals surface area contributed by atoms with Crippen LogP contribution in [0, 0.1) is 11.8 Å². The highest BCUT2D eigenvalue weighted by Gasteiger charge is 2.32. The molecule has 2 heteroatoms. The second kappa shape index (κ2) is 5.85. The summed E-state index contributed by atoms with van der Waals surface area (Å²) in [5.74, 6) is 2.24. The van der Waals surface area contributed by atoms with Crippen LogP contribution in [0.4, 0.5) is 5.69 Å². The predicted octanol–water partition coefficient (Wildman–Crippen LogP) is 4.49. The average molecular weight is 261 g/mol. The number of ether oxygens (including phenoxy) is 1. The Morgan fingerprint density at radius 3 is 2.53 bits per heavy atom. The molecule has 0 radical (unpaired) electrons. The lowest BCUT2D eigenvalue weighted by molar-refractivity contribution is 0.125. The van der Waals surface area contributed by atoms with E-state index in [4.69, 9.17) is 4.74 Å². The van der Waals surface area contributed by atoms with Gasteiger partial charge in [0.05, 0.1) is 11.7 Å². The lowest BCUT2D eigenvalue weighted by atomic mass is 9.90. The van der Waals surface area contributed by atoms with Gasteiger partial charge in [-0.3, -0.25) is 0 Å². The molecule has 0 aliphatic carbocycles. The second-order valence-electron chi connectivity index (χ2n) is 6.38. The normalized spacial score (nSPS) is 22.1. The Balaban J connectivity index is 2.25. The van der Waals surface area contributed by atoms with Gasteiger partial charge in [0, 0.05) is 0 Å². The van der Waals surface area contributed by atoms with Crippen molar-refractivity contribution in [2.45, 2.75) is 59.6 Å². The van der Waals surface area contributed by atoms with Crippen molar-refractivity contribution >= 4 is 5.69 Å². The molecule has 1 aliphatic rings. The maximum absolute atomic E-state index is 6.25. The third-order valence-corrected chi connectivity index (χ3v) is 3.88. The summed E-state index contributed by atoms with van der Waals surface area (Å²) in [5, 5.41) is 3.70. The zero-order chi connectivity index (χ0) is 14.0. The highest BCUT2D eigenvalue weighted by atomic mass is 16.5. The molecular formula is C17H27NO. The first kappa shape index (κ1) is 14.2. The van der Waals surface area contributed by atoms with E-state index in [0.717, 1.165) is 24.3 Å². The van der Waals surface area contributed by atoms with Crippen LogP contribution in [0.15, 0.2) is 18.2 Å². The number of nitrogens with one attached hydrogen (secondary N) is 1. The summed E-state index contributed by atoms with van der Waals surface area (Å²) in [6.45, 7) is 11.2. The molecule has 2 nitrogen and oxygen atoms in total. The topological polar surface area (TPSA) is 21.3 Å². The van der Waals surface area contributed by atoms with E-state index in [9.17, 15) is 0 Å². The summed E-state index contributed by atoms with van der Waals surface area (Å²) in [6, 6.07) is 6.92. The van der Waals surface area contributed by atoms with Crippen LogP contribution in [0.2, 0.25) is 0 Å². The largest absolute Gasteiger partial charge is 0.486 e. The molecule has 1 aromatic rings. The van der Waals surface area contributed by atoms with Crippen molar-refractivity contribution in [3.8, 4) is 5.75 Å². The zero-order valence-corrected chi connectivity index (χ0v) is 12.9. The Hall–Kier alpha value is -1.18. The Labute approximate surface area is 117 Å². The van der Waals surface area contributed by atoms with Gasteiger partial charge in [-0.25, -0.2) is 0 Å². The van der Waals surface area contributed by atoms with Crippen molar-refractivity contribution < 1.29 is 4.74 Å².